The zero-order valence-electron chi connectivity index (χ0n) is 10.9. The zero-order chi connectivity index (χ0) is 13.5. The molecule has 0 radical (unpaired) electrons. The summed E-state index contributed by atoms with van der Waals surface area (Å²) < 4.78 is 17.0. The summed E-state index contributed by atoms with van der Waals surface area (Å²) in [6, 6.07) is 1.79. The standard InChI is InChI=1S/C13H18O4Se/c1-5-6-18-13-9(8-14)7-10(15-2)11(16-3)12(13)17-4/h5,7,14H,1,6,8H2,2-4H3. The van der Waals surface area contributed by atoms with Crippen LogP contribution in [0.15, 0.2) is 18.7 Å². The summed E-state index contributed by atoms with van der Waals surface area (Å²) >= 11 is 0.144. The van der Waals surface area contributed by atoms with Crippen molar-refractivity contribution < 1.29 is 19.3 Å². The Hall–Kier alpha value is -1.16. The molecule has 0 bridgehead atoms. The molecule has 0 saturated heterocycles. The van der Waals surface area contributed by atoms with Crippen LogP contribution in [0.25, 0.3) is 0 Å². The van der Waals surface area contributed by atoms with Crippen LogP contribution in [-0.4, -0.2) is 41.4 Å². The van der Waals surface area contributed by atoms with E-state index in [0.717, 1.165) is 15.3 Å². The van der Waals surface area contributed by atoms with E-state index in [4.69, 9.17) is 14.2 Å². The van der Waals surface area contributed by atoms with E-state index < -0.39 is 0 Å². The van der Waals surface area contributed by atoms with Crippen LogP contribution in [-0.2, 0) is 6.61 Å². The number of aliphatic hydroxyl groups excluding tert-OH is 1. The fraction of sp³-hybridized carbons (Fsp3) is 0.385. The molecule has 1 aromatic rings. The Bertz CT molecular complexity index is 418. The molecule has 4 nitrogen and oxygen atoms in total. The van der Waals surface area contributed by atoms with E-state index in [1.165, 1.54) is 0 Å². The molecule has 100 valence electrons. The second-order valence-electron chi connectivity index (χ2n) is 3.39. The minimum absolute atomic E-state index is 0.0507. The molecule has 0 amide bonds. The van der Waals surface area contributed by atoms with Gasteiger partial charge in [-0.1, -0.05) is 0 Å². The second-order valence-corrected chi connectivity index (χ2v) is 5.55. The van der Waals surface area contributed by atoms with Crippen molar-refractivity contribution in [3.8, 4) is 17.2 Å². The number of allylic oxidation sites excluding steroid dienone is 1. The van der Waals surface area contributed by atoms with Gasteiger partial charge < -0.3 is 0 Å². The van der Waals surface area contributed by atoms with Crippen molar-refractivity contribution >= 4 is 19.4 Å². The molecule has 0 aliphatic carbocycles. The van der Waals surface area contributed by atoms with E-state index in [0.29, 0.717) is 17.2 Å². The summed E-state index contributed by atoms with van der Waals surface area (Å²) in [5.41, 5.74) is 0.811. The first-order valence-electron chi connectivity index (χ1n) is 5.39. The van der Waals surface area contributed by atoms with Crippen molar-refractivity contribution in [3.05, 3.63) is 24.3 Å². The van der Waals surface area contributed by atoms with Crippen LogP contribution in [0, 0.1) is 0 Å². The molecule has 1 aromatic carbocycles. The van der Waals surface area contributed by atoms with Crippen LogP contribution in [0.5, 0.6) is 17.2 Å². The normalized spacial score (nSPS) is 10.0. The third-order valence-electron chi connectivity index (χ3n) is 2.38. The van der Waals surface area contributed by atoms with E-state index in [1.807, 2.05) is 6.08 Å². The van der Waals surface area contributed by atoms with Crippen LogP contribution in [0.4, 0.5) is 0 Å². The Labute approximate surface area is 114 Å². The number of hydrogen-bond acceptors (Lipinski definition) is 4. The van der Waals surface area contributed by atoms with Gasteiger partial charge in [-0.3, -0.25) is 0 Å². The summed E-state index contributed by atoms with van der Waals surface area (Å²) in [7, 11) is 4.72. The molecule has 0 aliphatic rings. The predicted molar refractivity (Wildman–Crippen MR) is 72.4 cm³/mol. The molecule has 0 spiro atoms. The molecule has 18 heavy (non-hydrogen) atoms. The summed E-state index contributed by atoms with van der Waals surface area (Å²) in [5, 5.41) is 10.3. The Kier molecular flexibility index (Phi) is 6.05. The maximum absolute atomic E-state index is 9.45. The van der Waals surface area contributed by atoms with Crippen molar-refractivity contribution in [2.24, 2.45) is 0 Å². The van der Waals surface area contributed by atoms with Crippen molar-refractivity contribution in [1.29, 1.82) is 0 Å². The summed E-state index contributed by atoms with van der Waals surface area (Å²) in [4.78, 5) is 0. The summed E-state index contributed by atoms with van der Waals surface area (Å²) in [5.74, 6) is 1.78. The van der Waals surface area contributed by atoms with Crippen LogP contribution in [0.3, 0.4) is 0 Å². The molecular formula is C13H18O4Se. The molecule has 0 unspecified atom stereocenters. The van der Waals surface area contributed by atoms with E-state index in [-0.39, 0.29) is 21.6 Å². The average molecular weight is 317 g/mol. The third kappa shape index (κ3) is 2.99. The molecule has 1 N–H and O–H groups in total. The molecule has 0 aliphatic heterocycles. The number of hydrogen-bond donors (Lipinski definition) is 1. The topological polar surface area (TPSA) is 47.9 Å². The van der Waals surface area contributed by atoms with Gasteiger partial charge >= 0.3 is 114 Å². The third-order valence-corrected chi connectivity index (χ3v) is 4.77. The van der Waals surface area contributed by atoms with Crippen molar-refractivity contribution in [2.45, 2.75) is 11.9 Å². The van der Waals surface area contributed by atoms with Gasteiger partial charge in [-0.15, -0.1) is 0 Å². The van der Waals surface area contributed by atoms with E-state index in [9.17, 15) is 5.11 Å². The zero-order valence-corrected chi connectivity index (χ0v) is 12.6. The fourth-order valence-corrected chi connectivity index (χ4v) is 3.49. The number of aliphatic hydroxyl groups is 1. The van der Waals surface area contributed by atoms with Gasteiger partial charge in [0.2, 0.25) is 0 Å². The van der Waals surface area contributed by atoms with E-state index >= 15 is 0 Å². The average Bonchev–Trinajstić information content (AvgIpc) is 2.42. The Morgan fingerprint density at radius 3 is 2.33 bits per heavy atom. The Morgan fingerprint density at radius 2 is 1.89 bits per heavy atom. The van der Waals surface area contributed by atoms with Crippen LogP contribution >= 0.6 is 0 Å². The Morgan fingerprint density at radius 1 is 1.22 bits per heavy atom. The molecule has 0 fully saturated rings. The number of benzene rings is 1. The first-order valence-corrected chi connectivity index (χ1v) is 7.46. The van der Waals surface area contributed by atoms with Gasteiger partial charge in [0.15, 0.2) is 0 Å². The quantitative estimate of drug-likeness (QED) is 0.605. The number of ether oxygens (including phenoxy) is 3. The maximum atomic E-state index is 9.45. The van der Waals surface area contributed by atoms with Crippen LogP contribution in [0.1, 0.15) is 5.56 Å². The minimum atomic E-state index is -0.0507. The van der Waals surface area contributed by atoms with Gasteiger partial charge in [-0.05, 0) is 0 Å². The SMILES string of the molecule is C=CC[Se]c1c(CO)cc(OC)c(OC)c1OC. The summed E-state index contributed by atoms with van der Waals surface area (Å²) in [6.45, 7) is 3.67. The molecule has 0 heterocycles. The monoisotopic (exact) mass is 318 g/mol. The predicted octanol–water partition coefficient (Wildman–Crippen LogP) is 1.14. The number of rotatable bonds is 7. The van der Waals surface area contributed by atoms with Gasteiger partial charge in [0.1, 0.15) is 0 Å². The number of methoxy groups -OCH3 is 3. The van der Waals surface area contributed by atoms with Crippen molar-refractivity contribution in [2.75, 3.05) is 21.3 Å². The van der Waals surface area contributed by atoms with Gasteiger partial charge in [-0.25, -0.2) is 0 Å². The molecule has 5 heteroatoms. The first-order chi connectivity index (χ1) is 8.73. The van der Waals surface area contributed by atoms with Gasteiger partial charge in [-0.2, -0.15) is 0 Å². The molecule has 0 atom stereocenters. The first kappa shape index (κ1) is 14.9. The van der Waals surface area contributed by atoms with Crippen molar-refractivity contribution in [3.63, 3.8) is 0 Å². The summed E-state index contributed by atoms with van der Waals surface area (Å²) in [6.07, 6.45) is 1.86. The molecule has 0 aromatic heterocycles. The van der Waals surface area contributed by atoms with E-state index in [1.54, 1.807) is 27.4 Å². The van der Waals surface area contributed by atoms with Crippen LogP contribution < -0.4 is 18.7 Å². The molecule has 1 rings (SSSR count). The molecular weight excluding hydrogens is 299 g/mol. The van der Waals surface area contributed by atoms with Gasteiger partial charge in [0.05, 0.1) is 0 Å². The van der Waals surface area contributed by atoms with E-state index in [2.05, 4.69) is 6.58 Å². The van der Waals surface area contributed by atoms with Crippen LogP contribution in [0.2, 0.25) is 5.32 Å². The van der Waals surface area contributed by atoms with Crippen molar-refractivity contribution in [1.82, 2.24) is 0 Å². The van der Waals surface area contributed by atoms with Gasteiger partial charge in [0, 0.05) is 0 Å². The second kappa shape index (κ2) is 7.31. The van der Waals surface area contributed by atoms with Gasteiger partial charge in [0.25, 0.3) is 0 Å². The fourth-order valence-electron chi connectivity index (χ4n) is 1.60. The molecule has 0 saturated carbocycles. The Balaban J connectivity index is 3.39.